The van der Waals surface area contributed by atoms with Crippen molar-refractivity contribution >= 4 is 47.0 Å². The van der Waals surface area contributed by atoms with Crippen molar-refractivity contribution in [3.05, 3.63) is 21.9 Å². The van der Waals surface area contributed by atoms with E-state index in [-0.39, 0.29) is 10.3 Å². The number of halogens is 2. The van der Waals surface area contributed by atoms with E-state index < -0.39 is 5.97 Å². The van der Waals surface area contributed by atoms with Crippen molar-refractivity contribution < 1.29 is 9.53 Å². The van der Waals surface area contributed by atoms with Gasteiger partial charge in [0.25, 0.3) is 0 Å². The highest BCUT2D eigenvalue weighted by Crippen LogP contribution is 2.25. The average Bonchev–Trinajstić information content (AvgIpc) is 2.28. The van der Waals surface area contributed by atoms with Crippen LogP contribution in [-0.2, 0) is 9.53 Å². The van der Waals surface area contributed by atoms with Crippen molar-refractivity contribution in [3.8, 4) is 0 Å². The van der Waals surface area contributed by atoms with E-state index >= 15 is 0 Å². The fourth-order valence-electron chi connectivity index (χ4n) is 0.969. The highest BCUT2D eigenvalue weighted by molar-refractivity contribution is 7.98. The molecule has 0 aliphatic carbocycles. The van der Waals surface area contributed by atoms with Crippen LogP contribution in [0.3, 0.4) is 0 Å². The molecular weight excluding hydrogens is 283 g/mol. The van der Waals surface area contributed by atoms with Crippen molar-refractivity contribution in [3.63, 3.8) is 0 Å². The molecule has 0 radical (unpaired) electrons. The summed E-state index contributed by atoms with van der Waals surface area (Å²) < 4.78 is 4.73. The Bertz CT molecular complexity index is 429. The van der Waals surface area contributed by atoms with Gasteiger partial charge >= 0.3 is 5.97 Å². The smallest absolute Gasteiger partial charge is 0.330 e. The van der Waals surface area contributed by atoms with Crippen molar-refractivity contribution in [1.29, 1.82) is 0 Å². The molecule has 0 atom stereocenters. The van der Waals surface area contributed by atoms with Crippen LogP contribution >= 0.6 is 35.0 Å². The number of esters is 1. The van der Waals surface area contributed by atoms with E-state index in [1.54, 1.807) is 6.92 Å². The summed E-state index contributed by atoms with van der Waals surface area (Å²) >= 11 is 13.2. The van der Waals surface area contributed by atoms with E-state index in [1.165, 1.54) is 23.9 Å². The Labute approximate surface area is 113 Å². The van der Waals surface area contributed by atoms with Gasteiger partial charge in [0.15, 0.2) is 5.16 Å². The zero-order chi connectivity index (χ0) is 12.8. The molecule has 0 aliphatic rings. The molecular formula is C10H10Cl2N2O2S. The summed E-state index contributed by atoms with van der Waals surface area (Å²) in [6.07, 6.45) is 4.49. The van der Waals surface area contributed by atoms with Crippen LogP contribution in [0.25, 0.3) is 6.08 Å². The van der Waals surface area contributed by atoms with Crippen molar-refractivity contribution in [2.45, 2.75) is 12.1 Å². The number of thioether (sulfide) groups is 1. The number of carbonyl (C=O) groups is 1. The Kier molecular flexibility index (Phi) is 5.74. The van der Waals surface area contributed by atoms with Gasteiger partial charge < -0.3 is 4.74 Å². The zero-order valence-corrected chi connectivity index (χ0v) is 11.6. The second-order valence-corrected chi connectivity index (χ2v) is 4.28. The monoisotopic (exact) mass is 292 g/mol. The highest BCUT2D eigenvalue weighted by Gasteiger charge is 2.09. The zero-order valence-electron chi connectivity index (χ0n) is 9.24. The molecule has 7 heteroatoms. The summed E-state index contributed by atoms with van der Waals surface area (Å²) in [6.45, 7) is 2.04. The molecule has 0 bridgehead atoms. The maximum absolute atomic E-state index is 11.1. The Morgan fingerprint density at radius 3 is 2.47 bits per heavy atom. The lowest BCUT2D eigenvalue weighted by Gasteiger charge is -2.02. The Morgan fingerprint density at radius 2 is 2.00 bits per heavy atom. The number of rotatable bonds is 4. The molecule has 92 valence electrons. The van der Waals surface area contributed by atoms with Crippen LogP contribution in [0, 0.1) is 0 Å². The molecule has 0 unspecified atom stereocenters. The lowest BCUT2D eigenvalue weighted by Crippen LogP contribution is -1.99. The van der Waals surface area contributed by atoms with E-state index in [2.05, 4.69) is 9.97 Å². The topological polar surface area (TPSA) is 52.1 Å². The third kappa shape index (κ3) is 4.18. The number of nitrogens with zero attached hydrogens (tertiary/aromatic N) is 2. The fraction of sp³-hybridized carbons (Fsp3) is 0.300. The van der Waals surface area contributed by atoms with Crippen LogP contribution in [0.1, 0.15) is 12.5 Å². The molecule has 1 heterocycles. The molecule has 0 N–H and O–H groups in total. The quantitative estimate of drug-likeness (QED) is 0.281. The van der Waals surface area contributed by atoms with E-state index in [0.717, 1.165) is 0 Å². The van der Waals surface area contributed by atoms with Crippen molar-refractivity contribution in [2.75, 3.05) is 12.9 Å². The number of carbonyl (C=O) groups excluding carboxylic acids is 1. The van der Waals surface area contributed by atoms with Crippen LogP contribution in [0.5, 0.6) is 0 Å². The predicted molar refractivity (Wildman–Crippen MR) is 69.5 cm³/mol. The lowest BCUT2D eigenvalue weighted by atomic mass is 10.3. The number of hydrogen-bond donors (Lipinski definition) is 0. The molecule has 0 spiro atoms. The minimum Gasteiger partial charge on any atom is -0.463 e. The molecule has 0 saturated carbocycles. The summed E-state index contributed by atoms with van der Waals surface area (Å²) in [5.74, 6) is -0.464. The molecule has 0 saturated heterocycles. The Hall–Kier alpha value is -0.780. The van der Waals surface area contributed by atoms with Crippen LogP contribution in [-0.4, -0.2) is 28.8 Å². The van der Waals surface area contributed by atoms with Gasteiger partial charge in [-0.2, -0.15) is 0 Å². The van der Waals surface area contributed by atoms with Gasteiger partial charge in [0, 0.05) is 11.6 Å². The van der Waals surface area contributed by atoms with Gasteiger partial charge in [-0.05, 0) is 19.3 Å². The first-order chi connectivity index (χ1) is 8.08. The third-order valence-electron chi connectivity index (χ3n) is 1.69. The number of aromatic nitrogens is 2. The van der Waals surface area contributed by atoms with E-state index in [9.17, 15) is 4.79 Å². The van der Waals surface area contributed by atoms with Gasteiger partial charge in [-0.3, -0.25) is 0 Å². The largest absolute Gasteiger partial charge is 0.463 e. The van der Waals surface area contributed by atoms with E-state index in [0.29, 0.717) is 17.3 Å². The molecule has 17 heavy (non-hydrogen) atoms. The van der Waals surface area contributed by atoms with Gasteiger partial charge in [0.1, 0.15) is 10.3 Å². The summed E-state index contributed by atoms with van der Waals surface area (Å²) in [5.41, 5.74) is 0.402. The second-order valence-electron chi connectivity index (χ2n) is 2.79. The first-order valence-electron chi connectivity index (χ1n) is 4.70. The number of hydrogen-bond acceptors (Lipinski definition) is 5. The predicted octanol–water partition coefficient (Wildman–Crippen LogP) is 3.08. The Balaban J connectivity index is 2.95. The maximum Gasteiger partial charge on any atom is 0.330 e. The van der Waals surface area contributed by atoms with Crippen molar-refractivity contribution in [1.82, 2.24) is 9.97 Å². The molecule has 0 fully saturated rings. The summed E-state index contributed by atoms with van der Waals surface area (Å²) in [4.78, 5) is 19.1. The minimum absolute atomic E-state index is 0.204. The van der Waals surface area contributed by atoms with Gasteiger partial charge in [-0.15, -0.1) is 0 Å². The molecule has 0 aliphatic heterocycles. The lowest BCUT2D eigenvalue weighted by molar-refractivity contribution is -0.137. The van der Waals surface area contributed by atoms with Crippen LogP contribution in [0.15, 0.2) is 11.2 Å². The molecule has 4 nitrogen and oxygen atoms in total. The first-order valence-corrected chi connectivity index (χ1v) is 6.68. The fourth-order valence-corrected chi connectivity index (χ4v) is 1.95. The molecule has 1 aromatic rings. The normalized spacial score (nSPS) is 10.8. The summed E-state index contributed by atoms with van der Waals surface area (Å²) in [6, 6.07) is 0. The van der Waals surface area contributed by atoms with Gasteiger partial charge in [-0.25, -0.2) is 14.8 Å². The minimum atomic E-state index is -0.464. The molecule has 0 amide bonds. The van der Waals surface area contributed by atoms with E-state index in [1.807, 2.05) is 6.26 Å². The van der Waals surface area contributed by atoms with Gasteiger partial charge in [-0.1, -0.05) is 35.0 Å². The maximum atomic E-state index is 11.1. The summed E-state index contributed by atoms with van der Waals surface area (Å²) in [5, 5.41) is 0.887. The first kappa shape index (κ1) is 14.3. The van der Waals surface area contributed by atoms with Gasteiger partial charge in [0.05, 0.1) is 6.61 Å². The molecule has 1 aromatic heterocycles. The summed E-state index contributed by atoms with van der Waals surface area (Å²) in [7, 11) is 0. The Morgan fingerprint density at radius 1 is 1.41 bits per heavy atom. The van der Waals surface area contributed by atoms with Crippen LogP contribution in [0.4, 0.5) is 0 Å². The average molecular weight is 293 g/mol. The standard InChI is InChI=1S/C10H10Cl2N2O2S/c1-3-16-7(15)5-4-6-8(11)13-10(17-2)14-9(6)12/h4-5H,3H2,1-2H3. The van der Waals surface area contributed by atoms with E-state index in [4.69, 9.17) is 27.9 Å². The van der Waals surface area contributed by atoms with Crippen LogP contribution in [0.2, 0.25) is 10.3 Å². The van der Waals surface area contributed by atoms with Crippen LogP contribution < -0.4 is 0 Å². The SMILES string of the molecule is CCOC(=O)C=Cc1c(Cl)nc(SC)nc1Cl. The number of ether oxygens (including phenoxy) is 1. The van der Waals surface area contributed by atoms with Crippen molar-refractivity contribution in [2.24, 2.45) is 0 Å². The molecule has 0 aromatic carbocycles. The third-order valence-corrected chi connectivity index (χ3v) is 2.81. The highest BCUT2D eigenvalue weighted by atomic mass is 35.5. The molecule has 1 rings (SSSR count). The van der Waals surface area contributed by atoms with Gasteiger partial charge in [0.2, 0.25) is 0 Å². The second kappa shape index (κ2) is 6.83.